The van der Waals surface area contributed by atoms with Crippen molar-refractivity contribution in [2.75, 3.05) is 6.54 Å². The molecule has 3 heteroatoms. The molecule has 0 spiro atoms. The molecule has 2 rings (SSSR count). The number of rotatable bonds is 2. The fourth-order valence-electron chi connectivity index (χ4n) is 2.27. The Hall–Kier alpha value is -0.830. The molecule has 1 fully saturated rings. The molecule has 1 N–H and O–H groups in total. The minimum absolute atomic E-state index is 0.134. The Labute approximate surface area is 105 Å². The molecule has 2 nitrogen and oxygen atoms in total. The lowest BCUT2D eigenvalue weighted by Gasteiger charge is -2.27. The van der Waals surface area contributed by atoms with Crippen molar-refractivity contribution >= 4 is 21.8 Å². The van der Waals surface area contributed by atoms with Crippen LogP contribution in [0.25, 0.3) is 0 Å². The van der Waals surface area contributed by atoms with Gasteiger partial charge in [0.1, 0.15) is 0 Å². The van der Waals surface area contributed by atoms with Crippen molar-refractivity contribution in [3.8, 4) is 0 Å². The highest BCUT2D eigenvalue weighted by atomic mass is 79.9. The first-order chi connectivity index (χ1) is 7.68. The van der Waals surface area contributed by atoms with E-state index in [4.69, 9.17) is 0 Å². The van der Waals surface area contributed by atoms with Gasteiger partial charge in [0, 0.05) is 16.9 Å². The molecular weight excluding hydrogens is 266 g/mol. The van der Waals surface area contributed by atoms with E-state index >= 15 is 0 Å². The summed E-state index contributed by atoms with van der Waals surface area (Å²) in [5, 5.41) is 2.95. The molecule has 1 aliphatic rings. The van der Waals surface area contributed by atoms with Gasteiger partial charge >= 0.3 is 0 Å². The van der Waals surface area contributed by atoms with Crippen molar-refractivity contribution in [3.05, 3.63) is 34.3 Å². The normalized spacial score (nSPS) is 22.6. The maximum Gasteiger partial charge on any atom is 0.223 e. The van der Waals surface area contributed by atoms with E-state index in [0.717, 1.165) is 23.9 Å². The number of halogens is 1. The van der Waals surface area contributed by atoms with E-state index in [9.17, 15) is 4.79 Å². The molecule has 86 valence electrons. The number of piperidine rings is 1. The molecule has 1 aliphatic heterocycles. The summed E-state index contributed by atoms with van der Waals surface area (Å²) in [4.78, 5) is 11.8. The number of carbonyl (C=O) groups is 1. The van der Waals surface area contributed by atoms with Crippen molar-refractivity contribution in [1.82, 2.24) is 5.32 Å². The van der Waals surface area contributed by atoms with E-state index < -0.39 is 0 Å². The Bertz CT molecular complexity index is 374. The predicted molar refractivity (Wildman–Crippen MR) is 68.3 cm³/mol. The standard InChI is InChI=1S/C13H16BrNO/c1-9(10-4-6-11(14)7-5-10)12-3-2-8-15-13(12)16/h4-7,9,12H,2-3,8H2,1H3,(H,15,16). The van der Waals surface area contributed by atoms with E-state index in [1.807, 2.05) is 12.1 Å². The fourth-order valence-corrected chi connectivity index (χ4v) is 2.54. The van der Waals surface area contributed by atoms with E-state index in [2.05, 4.69) is 40.3 Å². The quantitative estimate of drug-likeness (QED) is 0.887. The Kier molecular flexibility index (Phi) is 3.64. The van der Waals surface area contributed by atoms with Crippen molar-refractivity contribution in [2.24, 2.45) is 5.92 Å². The molecule has 1 saturated heterocycles. The maximum absolute atomic E-state index is 11.8. The molecule has 16 heavy (non-hydrogen) atoms. The highest BCUT2D eigenvalue weighted by Crippen LogP contribution is 2.30. The third kappa shape index (κ3) is 2.46. The SMILES string of the molecule is CC(c1ccc(Br)cc1)C1CCCNC1=O. The zero-order valence-corrected chi connectivity index (χ0v) is 11.0. The van der Waals surface area contributed by atoms with Crippen LogP contribution in [-0.2, 0) is 4.79 Å². The molecule has 0 bridgehead atoms. The van der Waals surface area contributed by atoms with Crippen LogP contribution in [0.4, 0.5) is 0 Å². The summed E-state index contributed by atoms with van der Waals surface area (Å²) in [6.45, 7) is 2.97. The topological polar surface area (TPSA) is 29.1 Å². The second-order valence-electron chi connectivity index (χ2n) is 4.38. The van der Waals surface area contributed by atoms with Crippen molar-refractivity contribution in [1.29, 1.82) is 0 Å². The van der Waals surface area contributed by atoms with Gasteiger partial charge in [-0.25, -0.2) is 0 Å². The lowest BCUT2D eigenvalue weighted by atomic mass is 9.82. The molecule has 0 aliphatic carbocycles. The average molecular weight is 282 g/mol. The van der Waals surface area contributed by atoms with Crippen LogP contribution in [0.15, 0.2) is 28.7 Å². The minimum atomic E-state index is 0.134. The highest BCUT2D eigenvalue weighted by molar-refractivity contribution is 9.10. The van der Waals surface area contributed by atoms with Gasteiger partial charge in [0.25, 0.3) is 0 Å². The average Bonchev–Trinajstić information content (AvgIpc) is 2.30. The smallest absolute Gasteiger partial charge is 0.223 e. The van der Waals surface area contributed by atoms with Crippen molar-refractivity contribution in [2.45, 2.75) is 25.7 Å². The van der Waals surface area contributed by atoms with Crippen LogP contribution in [-0.4, -0.2) is 12.5 Å². The zero-order valence-electron chi connectivity index (χ0n) is 9.37. The van der Waals surface area contributed by atoms with Gasteiger partial charge in [-0.2, -0.15) is 0 Å². The zero-order chi connectivity index (χ0) is 11.5. The van der Waals surface area contributed by atoms with Crippen LogP contribution in [0.3, 0.4) is 0 Å². The number of nitrogens with one attached hydrogen (secondary N) is 1. The number of hydrogen-bond donors (Lipinski definition) is 1. The molecule has 1 aromatic carbocycles. The van der Waals surface area contributed by atoms with Crippen LogP contribution in [0, 0.1) is 5.92 Å². The summed E-state index contributed by atoms with van der Waals surface area (Å²) in [7, 11) is 0. The van der Waals surface area contributed by atoms with Crippen LogP contribution < -0.4 is 5.32 Å². The molecule has 0 radical (unpaired) electrons. The molecule has 2 atom stereocenters. The van der Waals surface area contributed by atoms with Crippen molar-refractivity contribution in [3.63, 3.8) is 0 Å². The minimum Gasteiger partial charge on any atom is -0.356 e. The maximum atomic E-state index is 11.8. The highest BCUT2D eigenvalue weighted by Gasteiger charge is 2.28. The first-order valence-corrected chi connectivity index (χ1v) is 6.51. The largest absolute Gasteiger partial charge is 0.356 e. The molecule has 0 aromatic heterocycles. The Morgan fingerprint density at radius 1 is 1.38 bits per heavy atom. The summed E-state index contributed by atoms with van der Waals surface area (Å²) in [6, 6.07) is 8.26. The molecule has 1 aromatic rings. The van der Waals surface area contributed by atoms with Crippen LogP contribution in [0.5, 0.6) is 0 Å². The second-order valence-corrected chi connectivity index (χ2v) is 5.30. The molecule has 1 amide bonds. The van der Waals surface area contributed by atoms with Gasteiger partial charge in [-0.1, -0.05) is 35.0 Å². The Morgan fingerprint density at radius 3 is 2.69 bits per heavy atom. The van der Waals surface area contributed by atoms with Gasteiger partial charge in [0.05, 0.1) is 0 Å². The van der Waals surface area contributed by atoms with Crippen LogP contribution in [0.2, 0.25) is 0 Å². The van der Waals surface area contributed by atoms with Gasteiger partial charge in [0.2, 0.25) is 5.91 Å². The summed E-state index contributed by atoms with van der Waals surface area (Å²) in [5.74, 6) is 0.644. The van der Waals surface area contributed by atoms with Gasteiger partial charge in [-0.05, 0) is 36.5 Å². The summed E-state index contributed by atoms with van der Waals surface area (Å²) in [5.41, 5.74) is 1.24. The fraction of sp³-hybridized carbons (Fsp3) is 0.462. The van der Waals surface area contributed by atoms with Gasteiger partial charge < -0.3 is 5.32 Å². The molecular formula is C13H16BrNO. The van der Waals surface area contributed by atoms with E-state index in [1.54, 1.807) is 0 Å². The summed E-state index contributed by atoms with van der Waals surface area (Å²) < 4.78 is 1.08. The summed E-state index contributed by atoms with van der Waals surface area (Å²) in [6.07, 6.45) is 2.10. The summed E-state index contributed by atoms with van der Waals surface area (Å²) >= 11 is 3.42. The molecule has 2 unspecified atom stereocenters. The predicted octanol–water partition coefficient (Wildman–Crippen LogP) is 3.08. The Balaban J connectivity index is 2.14. The van der Waals surface area contributed by atoms with Gasteiger partial charge in [-0.3, -0.25) is 4.79 Å². The van der Waals surface area contributed by atoms with Crippen molar-refractivity contribution < 1.29 is 4.79 Å². The van der Waals surface area contributed by atoms with Gasteiger partial charge in [-0.15, -0.1) is 0 Å². The monoisotopic (exact) mass is 281 g/mol. The molecule has 1 heterocycles. The number of hydrogen-bond acceptors (Lipinski definition) is 1. The Morgan fingerprint density at radius 2 is 2.06 bits per heavy atom. The third-order valence-corrected chi connectivity index (χ3v) is 3.86. The van der Waals surface area contributed by atoms with Crippen LogP contribution in [0.1, 0.15) is 31.2 Å². The van der Waals surface area contributed by atoms with Gasteiger partial charge in [0.15, 0.2) is 0 Å². The number of benzene rings is 1. The lowest BCUT2D eigenvalue weighted by Crippen LogP contribution is -2.38. The molecule has 0 saturated carbocycles. The number of amides is 1. The first-order valence-electron chi connectivity index (χ1n) is 5.71. The van der Waals surface area contributed by atoms with E-state index in [1.165, 1.54) is 5.56 Å². The second kappa shape index (κ2) is 5.00. The lowest BCUT2D eigenvalue weighted by molar-refractivity contribution is -0.127. The van der Waals surface area contributed by atoms with Crippen LogP contribution >= 0.6 is 15.9 Å². The third-order valence-electron chi connectivity index (χ3n) is 3.33. The first kappa shape index (κ1) is 11.6. The van der Waals surface area contributed by atoms with E-state index in [0.29, 0.717) is 5.92 Å². The van der Waals surface area contributed by atoms with E-state index in [-0.39, 0.29) is 11.8 Å². The number of carbonyl (C=O) groups excluding carboxylic acids is 1.